The summed E-state index contributed by atoms with van der Waals surface area (Å²) in [5.41, 5.74) is 0.153. The molecule has 0 radical (unpaired) electrons. The number of amides is 3. The summed E-state index contributed by atoms with van der Waals surface area (Å²) in [6.45, 7) is 23.4. The van der Waals surface area contributed by atoms with Gasteiger partial charge >= 0.3 is 5.97 Å². The number of benzene rings is 1. The van der Waals surface area contributed by atoms with Crippen molar-refractivity contribution in [2.45, 2.75) is 182 Å². The number of carbonyl (C=O) groups is 5. The van der Waals surface area contributed by atoms with Crippen molar-refractivity contribution < 1.29 is 38.2 Å². The number of nitrogens with zero attached hydrogens (tertiary/aromatic N) is 1. The van der Waals surface area contributed by atoms with Crippen molar-refractivity contribution in [3.8, 4) is 0 Å². The van der Waals surface area contributed by atoms with Crippen molar-refractivity contribution in [1.29, 1.82) is 0 Å². The zero-order chi connectivity index (χ0) is 45.5. The fourth-order valence-corrected chi connectivity index (χ4v) is 8.93. The second-order valence-corrected chi connectivity index (χ2v) is 18.9. The number of likely N-dealkylation sites (N-methyl/N-ethyl adjacent to an activating group) is 1. The van der Waals surface area contributed by atoms with Crippen molar-refractivity contribution in [2.75, 3.05) is 21.3 Å². The van der Waals surface area contributed by atoms with E-state index in [-0.39, 0.29) is 78.0 Å². The lowest BCUT2D eigenvalue weighted by molar-refractivity contribution is -0.159. The molecule has 3 N–H and O–H groups in total. The van der Waals surface area contributed by atoms with Crippen molar-refractivity contribution in [3.63, 3.8) is 0 Å². The Morgan fingerprint density at radius 2 is 1.43 bits per heavy atom. The molecule has 12 heteroatoms. The summed E-state index contributed by atoms with van der Waals surface area (Å²) in [6, 6.07) is 7.15. The fourth-order valence-electron chi connectivity index (χ4n) is 8.93. The molecule has 4 unspecified atom stereocenters. The van der Waals surface area contributed by atoms with Gasteiger partial charge in [-0.25, -0.2) is 4.79 Å². The number of methoxy groups -OCH3 is 2. The number of nitrogens with one attached hydrogen (secondary N) is 3. The summed E-state index contributed by atoms with van der Waals surface area (Å²) < 4.78 is 17.9. The number of ether oxygens (including phenoxy) is 3. The molecule has 1 aromatic rings. The van der Waals surface area contributed by atoms with Gasteiger partial charge in [-0.1, -0.05) is 92.1 Å². The van der Waals surface area contributed by atoms with E-state index in [0.29, 0.717) is 25.7 Å². The average molecular weight is 843 g/mol. The van der Waals surface area contributed by atoms with E-state index in [9.17, 15) is 24.0 Å². The number of Topliss-reactive ketones (excluding diaryl/α,β-unsaturated/α-hetero) is 1. The topological polar surface area (TPSA) is 152 Å². The highest BCUT2D eigenvalue weighted by molar-refractivity contribution is 5.92. The van der Waals surface area contributed by atoms with Crippen LogP contribution >= 0.6 is 0 Å². The largest absolute Gasteiger partial charge is 0.458 e. The highest BCUT2D eigenvalue weighted by Crippen LogP contribution is 2.35. The molecule has 1 aromatic carbocycles. The molecule has 60 heavy (non-hydrogen) atoms. The third-order valence-corrected chi connectivity index (χ3v) is 12.7. The maximum Gasteiger partial charge on any atom is 0.329 e. The second-order valence-electron chi connectivity index (χ2n) is 18.9. The molecule has 1 heterocycles. The molecular weight excluding hydrogens is 761 g/mol. The van der Waals surface area contributed by atoms with Crippen LogP contribution in [0.1, 0.15) is 134 Å². The molecule has 0 saturated carbocycles. The molecule has 1 aliphatic rings. The monoisotopic (exact) mass is 843 g/mol. The van der Waals surface area contributed by atoms with E-state index in [1.165, 1.54) is 0 Å². The number of ketones is 1. The third kappa shape index (κ3) is 15.2. The van der Waals surface area contributed by atoms with Gasteiger partial charge in [-0.15, -0.1) is 0 Å². The van der Waals surface area contributed by atoms with Gasteiger partial charge in [0.25, 0.3) is 0 Å². The first-order valence-corrected chi connectivity index (χ1v) is 22.6. The van der Waals surface area contributed by atoms with Gasteiger partial charge in [0.15, 0.2) is 5.78 Å². The summed E-state index contributed by atoms with van der Waals surface area (Å²) in [4.78, 5) is 71.0. The molecule has 2 rings (SSSR count). The van der Waals surface area contributed by atoms with Crippen LogP contribution in [0.3, 0.4) is 0 Å². The molecule has 3 amide bonds. The van der Waals surface area contributed by atoms with Crippen molar-refractivity contribution >= 4 is 29.5 Å². The summed E-state index contributed by atoms with van der Waals surface area (Å²) in [5.74, 6) is -1.79. The Morgan fingerprint density at radius 1 is 0.817 bits per heavy atom. The maximum atomic E-state index is 14.5. The van der Waals surface area contributed by atoms with Gasteiger partial charge in [0.05, 0.1) is 42.7 Å². The Bertz CT molecular complexity index is 1500. The first-order chi connectivity index (χ1) is 28.1. The molecule has 1 aliphatic heterocycles. The average Bonchev–Trinajstić information content (AvgIpc) is 3.57. The minimum Gasteiger partial charge on any atom is -0.458 e. The van der Waals surface area contributed by atoms with Crippen molar-refractivity contribution in [2.24, 2.45) is 35.5 Å². The predicted molar refractivity (Wildman–Crippen MR) is 238 cm³/mol. The van der Waals surface area contributed by atoms with E-state index >= 15 is 0 Å². The quantitative estimate of drug-likeness (QED) is 0.0892. The number of hydrogen-bond acceptors (Lipinski definition) is 9. The third-order valence-electron chi connectivity index (χ3n) is 12.7. The van der Waals surface area contributed by atoms with Crippen LogP contribution in [-0.4, -0.2) is 104 Å². The zero-order valence-corrected chi connectivity index (χ0v) is 39.8. The molecule has 0 aromatic heterocycles. The highest BCUT2D eigenvalue weighted by Gasteiger charge is 2.45. The van der Waals surface area contributed by atoms with Gasteiger partial charge in [0.2, 0.25) is 17.7 Å². The minimum absolute atomic E-state index is 0.00110. The molecule has 11 atom stereocenters. The van der Waals surface area contributed by atoms with Crippen molar-refractivity contribution in [3.05, 3.63) is 35.9 Å². The molecule has 342 valence electrons. The lowest BCUT2D eigenvalue weighted by atomic mass is 9.78. The van der Waals surface area contributed by atoms with E-state index < -0.39 is 47.8 Å². The van der Waals surface area contributed by atoms with Crippen LogP contribution < -0.4 is 16.0 Å². The molecule has 1 saturated heterocycles. The number of likely N-dealkylation sites (tertiary alicyclic amines) is 1. The van der Waals surface area contributed by atoms with Gasteiger partial charge < -0.3 is 35.1 Å². The van der Waals surface area contributed by atoms with Crippen LogP contribution in [0.15, 0.2) is 30.3 Å². The number of carbonyl (C=O) groups excluding carboxylic acids is 5. The summed E-state index contributed by atoms with van der Waals surface area (Å²) >= 11 is 0. The molecule has 0 aliphatic carbocycles. The minimum atomic E-state index is -0.910. The van der Waals surface area contributed by atoms with E-state index in [1.54, 1.807) is 49.0 Å². The molecule has 0 bridgehead atoms. The van der Waals surface area contributed by atoms with E-state index in [2.05, 4.69) is 29.8 Å². The Kier molecular flexibility index (Phi) is 21.9. The smallest absolute Gasteiger partial charge is 0.329 e. The zero-order valence-electron chi connectivity index (χ0n) is 39.8. The first kappa shape index (κ1) is 52.8. The van der Waals surface area contributed by atoms with E-state index in [0.717, 1.165) is 18.4 Å². The lowest BCUT2D eigenvalue weighted by Gasteiger charge is -2.38. The van der Waals surface area contributed by atoms with Gasteiger partial charge in [-0.05, 0) is 96.1 Å². The molecule has 12 nitrogen and oxygen atoms in total. The van der Waals surface area contributed by atoms with Crippen LogP contribution in [0.25, 0.3) is 0 Å². The summed E-state index contributed by atoms with van der Waals surface area (Å²) in [6.07, 6.45) is 3.64. The summed E-state index contributed by atoms with van der Waals surface area (Å²) in [5, 5.41) is 9.11. The Morgan fingerprint density at radius 3 is 1.93 bits per heavy atom. The van der Waals surface area contributed by atoms with Crippen LogP contribution in [0.4, 0.5) is 0 Å². The van der Waals surface area contributed by atoms with Crippen molar-refractivity contribution in [1.82, 2.24) is 20.9 Å². The van der Waals surface area contributed by atoms with E-state index in [4.69, 9.17) is 14.2 Å². The second kappa shape index (κ2) is 24.9. The van der Waals surface area contributed by atoms with Crippen LogP contribution in [0.5, 0.6) is 0 Å². The van der Waals surface area contributed by atoms with E-state index in [1.807, 2.05) is 76.8 Å². The Balaban J connectivity index is 2.28. The number of hydrogen-bond donors (Lipinski definition) is 3. The fraction of sp³-hybridized carbons (Fsp3) is 0.771. The molecule has 0 spiro atoms. The van der Waals surface area contributed by atoms with Crippen LogP contribution in [-0.2, 0) is 44.6 Å². The number of rotatable bonds is 25. The first-order valence-electron chi connectivity index (χ1n) is 22.6. The maximum absolute atomic E-state index is 14.5. The van der Waals surface area contributed by atoms with Gasteiger partial charge in [0.1, 0.15) is 11.6 Å². The molecule has 1 fully saturated rings. The lowest BCUT2D eigenvalue weighted by Crippen LogP contribution is -2.54. The Hall–Kier alpha value is -3.35. The Labute approximate surface area is 362 Å². The predicted octanol–water partition coefficient (Wildman–Crippen LogP) is 6.91. The van der Waals surface area contributed by atoms with Crippen LogP contribution in [0.2, 0.25) is 0 Å². The molecular formula is C48H82N4O8. The van der Waals surface area contributed by atoms with Gasteiger partial charge in [-0.2, -0.15) is 0 Å². The standard InChI is InChI=1S/C48H82N4O8/c1-16-31(7)36(25-24-35(17-2)43(54)41(29(3)4)51-46(56)42(49-13)30(5)6)39(58-14)28-40(53)52-32(8)23-26-38(52)44(59-15)33(9)45(55)50-37(47(57)60-48(10,11)12)27-34-21-19-18-20-22-34/h18-22,29-33,35-39,41-42,44,49H,16-17,23-28H2,1-15H3,(H,50,55)(H,51,56)/t31-,32-,33+,35?,36?,37?,38-,39?,41-,42-,44+/m0/s1. The van der Waals surface area contributed by atoms with Crippen LogP contribution in [0, 0.1) is 35.5 Å². The highest BCUT2D eigenvalue weighted by atomic mass is 16.6. The summed E-state index contributed by atoms with van der Waals surface area (Å²) in [7, 11) is 4.98. The normalized spacial score (nSPS) is 20.4. The SMILES string of the molecule is CCC(CCC(C(CC(=O)N1[C@@H](C)CC[C@H]1[C@H](OC)[C@@H](C)C(=O)NC(Cc1ccccc1)C(=O)OC(C)(C)C)OC)[C@@H](C)CC)C(=O)[C@@H](NC(=O)[C@@H](NC)C(C)C)C(C)C. The number of esters is 1. The van der Waals surface area contributed by atoms with Gasteiger partial charge in [-0.3, -0.25) is 19.2 Å². The van der Waals surface area contributed by atoms with Gasteiger partial charge in [0, 0.05) is 32.6 Å².